The highest BCUT2D eigenvalue weighted by Gasteiger charge is 2.16. The standard InChI is InChI=1S/C19H15ClFN3O/c1-10-18(11(2)25-24-10)13-7-14-12(8-22-19(14)23-9-13)6-15-16(20)4-3-5-17(15)21/h3-5,7-9H,6H2,1-2H3,(H,22,23). The van der Waals surface area contributed by atoms with Crippen molar-refractivity contribution >= 4 is 22.6 Å². The summed E-state index contributed by atoms with van der Waals surface area (Å²) >= 11 is 6.17. The minimum absolute atomic E-state index is 0.309. The number of hydrogen-bond acceptors (Lipinski definition) is 3. The van der Waals surface area contributed by atoms with Gasteiger partial charge in [0.25, 0.3) is 0 Å². The summed E-state index contributed by atoms with van der Waals surface area (Å²) in [5.74, 6) is 0.435. The third-order valence-electron chi connectivity index (χ3n) is 4.37. The molecule has 0 radical (unpaired) electrons. The fraction of sp³-hybridized carbons (Fsp3) is 0.158. The first-order chi connectivity index (χ1) is 12.0. The Morgan fingerprint density at radius 3 is 2.84 bits per heavy atom. The maximum Gasteiger partial charge on any atom is 0.141 e. The summed E-state index contributed by atoms with van der Waals surface area (Å²) in [6, 6.07) is 6.74. The van der Waals surface area contributed by atoms with Gasteiger partial charge in [0.05, 0.1) is 5.69 Å². The van der Waals surface area contributed by atoms with Crippen molar-refractivity contribution in [2.45, 2.75) is 20.3 Å². The zero-order valence-electron chi connectivity index (χ0n) is 13.7. The molecule has 1 aromatic carbocycles. The zero-order valence-corrected chi connectivity index (χ0v) is 14.5. The van der Waals surface area contributed by atoms with E-state index >= 15 is 0 Å². The third kappa shape index (κ3) is 2.70. The highest BCUT2D eigenvalue weighted by atomic mass is 35.5. The number of pyridine rings is 1. The second kappa shape index (κ2) is 6.01. The van der Waals surface area contributed by atoms with Gasteiger partial charge in [0, 0.05) is 45.9 Å². The molecule has 3 heterocycles. The van der Waals surface area contributed by atoms with E-state index in [1.807, 2.05) is 26.1 Å². The summed E-state index contributed by atoms with van der Waals surface area (Å²) in [7, 11) is 0. The monoisotopic (exact) mass is 355 g/mol. The van der Waals surface area contributed by atoms with E-state index in [-0.39, 0.29) is 5.82 Å². The number of aromatic amines is 1. The summed E-state index contributed by atoms with van der Waals surface area (Å²) in [4.78, 5) is 7.61. The molecule has 0 saturated heterocycles. The van der Waals surface area contributed by atoms with E-state index in [0.717, 1.165) is 39.2 Å². The van der Waals surface area contributed by atoms with Gasteiger partial charge in [-0.25, -0.2) is 9.37 Å². The number of halogens is 2. The number of nitrogens with one attached hydrogen (secondary N) is 1. The van der Waals surface area contributed by atoms with Crippen LogP contribution in [0.3, 0.4) is 0 Å². The number of H-pyrrole nitrogens is 1. The molecule has 0 atom stereocenters. The molecular weight excluding hydrogens is 341 g/mol. The lowest BCUT2D eigenvalue weighted by Crippen LogP contribution is -1.93. The average molecular weight is 356 g/mol. The van der Waals surface area contributed by atoms with E-state index in [1.165, 1.54) is 6.07 Å². The molecule has 0 fully saturated rings. The van der Waals surface area contributed by atoms with E-state index in [0.29, 0.717) is 17.0 Å². The lowest BCUT2D eigenvalue weighted by Gasteiger charge is -2.06. The number of rotatable bonds is 3. The Bertz CT molecular complexity index is 1040. The molecule has 4 nitrogen and oxygen atoms in total. The van der Waals surface area contributed by atoms with Crippen molar-refractivity contribution in [1.29, 1.82) is 0 Å². The number of fused-ring (bicyclic) bond motifs is 1. The van der Waals surface area contributed by atoms with Crippen molar-refractivity contribution in [3.05, 3.63) is 70.1 Å². The van der Waals surface area contributed by atoms with Crippen LogP contribution in [0.5, 0.6) is 0 Å². The normalized spacial score (nSPS) is 11.4. The maximum atomic E-state index is 14.1. The molecule has 0 spiro atoms. The van der Waals surface area contributed by atoms with Crippen LogP contribution in [0.2, 0.25) is 5.02 Å². The molecule has 1 N–H and O–H groups in total. The van der Waals surface area contributed by atoms with Crippen LogP contribution in [-0.2, 0) is 6.42 Å². The molecule has 0 bridgehead atoms. The van der Waals surface area contributed by atoms with Crippen LogP contribution >= 0.6 is 11.6 Å². The van der Waals surface area contributed by atoms with E-state index in [1.54, 1.807) is 18.3 Å². The molecule has 4 aromatic rings. The van der Waals surface area contributed by atoms with Gasteiger partial charge in [0.15, 0.2) is 0 Å². The summed E-state index contributed by atoms with van der Waals surface area (Å²) in [6.07, 6.45) is 4.01. The van der Waals surface area contributed by atoms with E-state index in [2.05, 4.69) is 15.1 Å². The molecule has 3 aromatic heterocycles. The summed E-state index contributed by atoms with van der Waals surface area (Å²) < 4.78 is 19.4. The Labute approximate surface area is 148 Å². The number of aryl methyl sites for hydroxylation is 2. The van der Waals surface area contributed by atoms with Crippen molar-refractivity contribution < 1.29 is 8.91 Å². The molecule has 0 amide bonds. The minimum Gasteiger partial charge on any atom is -0.361 e. The lowest BCUT2D eigenvalue weighted by molar-refractivity contribution is 0.393. The van der Waals surface area contributed by atoms with Crippen LogP contribution in [0, 0.1) is 19.7 Å². The minimum atomic E-state index is -0.309. The van der Waals surface area contributed by atoms with Crippen LogP contribution in [0.15, 0.2) is 41.2 Å². The van der Waals surface area contributed by atoms with Crippen molar-refractivity contribution in [3.8, 4) is 11.1 Å². The summed E-state index contributed by atoms with van der Waals surface area (Å²) in [6.45, 7) is 3.77. The predicted molar refractivity (Wildman–Crippen MR) is 95.3 cm³/mol. The van der Waals surface area contributed by atoms with Gasteiger partial charge in [-0.3, -0.25) is 0 Å². The van der Waals surface area contributed by atoms with Gasteiger partial charge in [-0.05, 0) is 37.6 Å². The van der Waals surface area contributed by atoms with Crippen molar-refractivity contribution in [2.75, 3.05) is 0 Å². The Hall–Kier alpha value is -2.66. The van der Waals surface area contributed by atoms with Crippen LogP contribution in [0.1, 0.15) is 22.6 Å². The van der Waals surface area contributed by atoms with Crippen LogP contribution in [0.4, 0.5) is 4.39 Å². The van der Waals surface area contributed by atoms with Crippen LogP contribution in [-0.4, -0.2) is 15.1 Å². The van der Waals surface area contributed by atoms with Crippen molar-refractivity contribution in [1.82, 2.24) is 15.1 Å². The molecule has 0 aliphatic rings. The summed E-state index contributed by atoms with van der Waals surface area (Å²) in [5.41, 5.74) is 4.83. The average Bonchev–Trinajstić information content (AvgIpc) is 3.14. The van der Waals surface area contributed by atoms with Gasteiger partial charge in [-0.15, -0.1) is 0 Å². The third-order valence-corrected chi connectivity index (χ3v) is 4.72. The highest BCUT2D eigenvalue weighted by molar-refractivity contribution is 6.31. The lowest BCUT2D eigenvalue weighted by atomic mass is 10.0. The smallest absolute Gasteiger partial charge is 0.141 e. The zero-order chi connectivity index (χ0) is 17.6. The fourth-order valence-corrected chi connectivity index (χ4v) is 3.36. The maximum absolute atomic E-state index is 14.1. The quantitative estimate of drug-likeness (QED) is 0.548. The first kappa shape index (κ1) is 15.8. The fourth-order valence-electron chi connectivity index (χ4n) is 3.13. The Morgan fingerprint density at radius 1 is 1.28 bits per heavy atom. The Kier molecular flexibility index (Phi) is 3.81. The molecule has 0 saturated carbocycles. The van der Waals surface area contributed by atoms with Crippen molar-refractivity contribution in [3.63, 3.8) is 0 Å². The molecule has 126 valence electrons. The Balaban J connectivity index is 1.82. The van der Waals surface area contributed by atoms with Gasteiger partial charge in [-0.1, -0.05) is 22.8 Å². The van der Waals surface area contributed by atoms with Crippen LogP contribution in [0.25, 0.3) is 22.2 Å². The van der Waals surface area contributed by atoms with Gasteiger partial charge in [-0.2, -0.15) is 0 Å². The molecule has 6 heteroatoms. The second-order valence-electron chi connectivity index (χ2n) is 6.01. The molecule has 0 unspecified atom stereocenters. The van der Waals surface area contributed by atoms with Gasteiger partial charge in [0.1, 0.15) is 17.2 Å². The van der Waals surface area contributed by atoms with Crippen molar-refractivity contribution in [2.24, 2.45) is 0 Å². The second-order valence-corrected chi connectivity index (χ2v) is 6.42. The van der Waals surface area contributed by atoms with Gasteiger partial charge < -0.3 is 9.51 Å². The predicted octanol–water partition coefficient (Wildman–Crippen LogP) is 5.22. The number of hydrogen-bond donors (Lipinski definition) is 1. The number of aromatic nitrogens is 3. The molecule has 0 aliphatic heterocycles. The molecular formula is C19H15ClFN3O. The molecule has 25 heavy (non-hydrogen) atoms. The first-order valence-electron chi connectivity index (χ1n) is 7.86. The number of benzene rings is 1. The van der Waals surface area contributed by atoms with Gasteiger partial charge >= 0.3 is 0 Å². The molecule has 0 aliphatic carbocycles. The van der Waals surface area contributed by atoms with Crippen LogP contribution < -0.4 is 0 Å². The molecule has 4 rings (SSSR count). The largest absolute Gasteiger partial charge is 0.361 e. The highest BCUT2D eigenvalue weighted by Crippen LogP contribution is 2.31. The number of nitrogens with zero attached hydrogens (tertiary/aromatic N) is 2. The van der Waals surface area contributed by atoms with E-state index < -0.39 is 0 Å². The Morgan fingerprint density at radius 2 is 2.12 bits per heavy atom. The first-order valence-corrected chi connectivity index (χ1v) is 8.24. The SMILES string of the molecule is Cc1noc(C)c1-c1cnc2[nH]cc(Cc3c(F)cccc3Cl)c2c1. The van der Waals surface area contributed by atoms with E-state index in [9.17, 15) is 4.39 Å². The summed E-state index contributed by atoms with van der Waals surface area (Å²) in [5, 5.41) is 5.34. The topological polar surface area (TPSA) is 54.7 Å². The van der Waals surface area contributed by atoms with Gasteiger partial charge in [0.2, 0.25) is 0 Å². The van der Waals surface area contributed by atoms with E-state index in [4.69, 9.17) is 16.1 Å².